The van der Waals surface area contributed by atoms with Gasteiger partial charge >= 0.3 is 0 Å². The van der Waals surface area contributed by atoms with Crippen molar-refractivity contribution in [1.29, 1.82) is 0 Å². The van der Waals surface area contributed by atoms with E-state index in [1.165, 1.54) is 6.07 Å². The summed E-state index contributed by atoms with van der Waals surface area (Å²) in [7, 11) is 0. The van der Waals surface area contributed by atoms with Gasteiger partial charge in [-0.3, -0.25) is 0 Å². The van der Waals surface area contributed by atoms with Crippen LogP contribution < -0.4 is 10.5 Å². The van der Waals surface area contributed by atoms with Gasteiger partial charge in [-0.1, -0.05) is 30.4 Å². The molecule has 4 heteroatoms. The average Bonchev–Trinajstić information content (AvgIpc) is 2.28. The van der Waals surface area contributed by atoms with E-state index in [1.54, 1.807) is 18.2 Å². The van der Waals surface area contributed by atoms with Crippen molar-refractivity contribution in [3.8, 4) is 11.5 Å². The van der Waals surface area contributed by atoms with E-state index in [-0.39, 0.29) is 10.6 Å². The van der Waals surface area contributed by atoms with Crippen LogP contribution in [0.3, 0.4) is 0 Å². The fourth-order valence-corrected chi connectivity index (χ4v) is 1.83. The van der Waals surface area contributed by atoms with E-state index in [2.05, 4.69) is 0 Å². The van der Waals surface area contributed by atoms with Crippen LogP contribution in [0.15, 0.2) is 42.5 Å². The molecule has 0 bridgehead atoms. The molecule has 0 saturated heterocycles. The number of hydrogen-bond acceptors (Lipinski definition) is 2. The molecule has 2 aromatic carbocycles. The molecule has 0 heterocycles. The largest absolute Gasteiger partial charge is 0.457 e. The predicted octanol–water partition coefficient (Wildman–Crippen LogP) is 3.56. The molecule has 0 fully saturated rings. The van der Waals surface area contributed by atoms with Crippen LogP contribution in [0.5, 0.6) is 11.5 Å². The molecule has 0 aliphatic carbocycles. The van der Waals surface area contributed by atoms with Crippen molar-refractivity contribution in [3.63, 3.8) is 0 Å². The second-order valence-electron chi connectivity index (χ2n) is 3.90. The first-order valence-electron chi connectivity index (χ1n) is 5.41. The first-order chi connectivity index (χ1) is 8.58. The van der Waals surface area contributed by atoms with E-state index in [4.69, 9.17) is 22.7 Å². The number of halogens is 1. The molecular formula is C14H12FNOS. The monoisotopic (exact) mass is 261 g/mol. The van der Waals surface area contributed by atoms with E-state index in [0.29, 0.717) is 11.5 Å². The van der Waals surface area contributed by atoms with Gasteiger partial charge in [-0.05, 0) is 36.8 Å². The van der Waals surface area contributed by atoms with Crippen molar-refractivity contribution in [2.24, 2.45) is 5.73 Å². The van der Waals surface area contributed by atoms with E-state index in [9.17, 15) is 4.39 Å². The smallest absolute Gasteiger partial charge is 0.140 e. The number of aryl methyl sites for hydroxylation is 1. The molecule has 2 N–H and O–H groups in total. The van der Waals surface area contributed by atoms with Gasteiger partial charge in [0.05, 0.1) is 5.56 Å². The van der Waals surface area contributed by atoms with Crippen molar-refractivity contribution < 1.29 is 9.13 Å². The van der Waals surface area contributed by atoms with Crippen LogP contribution in [0.1, 0.15) is 11.1 Å². The quantitative estimate of drug-likeness (QED) is 0.858. The number of nitrogens with two attached hydrogens (primary N) is 1. The number of benzene rings is 2. The number of ether oxygens (including phenoxy) is 1. The second-order valence-corrected chi connectivity index (χ2v) is 4.34. The Hall–Kier alpha value is -1.94. The Kier molecular flexibility index (Phi) is 3.58. The average molecular weight is 261 g/mol. The van der Waals surface area contributed by atoms with E-state index in [0.717, 1.165) is 5.56 Å². The van der Waals surface area contributed by atoms with E-state index >= 15 is 0 Å². The molecule has 2 nitrogen and oxygen atoms in total. The minimum atomic E-state index is -0.479. The van der Waals surface area contributed by atoms with Gasteiger partial charge in [-0.15, -0.1) is 0 Å². The zero-order valence-electron chi connectivity index (χ0n) is 9.81. The Morgan fingerprint density at radius 1 is 1.22 bits per heavy atom. The summed E-state index contributed by atoms with van der Waals surface area (Å²) in [5.74, 6) is 0.471. The topological polar surface area (TPSA) is 35.2 Å². The van der Waals surface area contributed by atoms with Crippen LogP contribution in [-0.4, -0.2) is 4.99 Å². The van der Waals surface area contributed by atoms with Crippen LogP contribution in [0.4, 0.5) is 4.39 Å². The lowest BCUT2D eigenvalue weighted by Gasteiger charge is -2.11. The lowest BCUT2D eigenvalue weighted by atomic mass is 10.2. The Morgan fingerprint density at radius 2 is 1.94 bits per heavy atom. The van der Waals surface area contributed by atoms with Crippen LogP contribution in [0.25, 0.3) is 0 Å². The maximum atomic E-state index is 13.6. The van der Waals surface area contributed by atoms with Gasteiger partial charge in [-0.25, -0.2) is 4.39 Å². The van der Waals surface area contributed by atoms with Crippen molar-refractivity contribution in [2.75, 3.05) is 0 Å². The zero-order valence-corrected chi connectivity index (χ0v) is 10.6. The van der Waals surface area contributed by atoms with Crippen molar-refractivity contribution in [1.82, 2.24) is 0 Å². The standard InChI is InChI=1S/C14H12FNOS/c1-9-4-2-5-10(8-9)17-12-7-3-6-11(15)13(12)14(16)18/h2-8H,1H3,(H2,16,18). The Balaban J connectivity index is 2.40. The highest BCUT2D eigenvalue weighted by molar-refractivity contribution is 7.80. The van der Waals surface area contributed by atoms with Gasteiger partial charge in [0, 0.05) is 0 Å². The van der Waals surface area contributed by atoms with Crippen LogP contribution in [-0.2, 0) is 0 Å². The third kappa shape index (κ3) is 2.65. The lowest BCUT2D eigenvalue weighted by molar-refractivity contribution is 0.475. The molecule has 0 radical (unpaired) electrons. The Labute approximate surface area is 110 Å². The maximum Gasteiger partial charge on any atom is 0.140 e. The maximum absolute atomic E-state index is 13.6. The van der Waals surface area contributed by atoms with Crippen molar-refractivity contribution in [3.05, 3.63) is 59.4 Å². The van der Waals surface area contributed by atoms with Gasteiger partial charge in [0.25, 0.3) is 0 Å². The summed E-state index contributed by atoms with van der Waals surface area (Å²) >= 11 is 4.84. The Morgan fingerprint density at radius 3 is 2.61 bits per heavy atom. The Bertz CT molecular complexity index is 598. The molecule has 2 aromatic rings. The number of rotatable bonds is 3. The summed E-state index contributed by atoms with van der Waals surface area (Å²) in [6.07, 6.45) is 0. The third-order valence-corrected chi connectivity index (χ3v) is 2.64. The lowest BCUT2D eigenvalue weighted by Crippen LogP contribution is -2.13. The molecule has 0 aliphatic rings. The molecule has 18 heavy (non-hydrogen) atoms. The van der Waals surface area contributed by atoms with E-state index < -0.39 is 5.82 Å². The van der Waals surface area contributed by atoms with Crippen molar-refractivity contribution >= 4 is 17.2 Å². The number of hydrogen-bond donors (Lipinski definition) is 1. The first-order valence-corrected chi connectivity index (χ1v) is 5.81. The molecule has 0 aliphatic heterocycles. The molecule has 0 spiro atoms. The fourth-order valence-electron chi connectivity index (χ4n) is 1.63. The summed E-state index contributed by atoms with van der Waals surface area (Å²) in [5.41, 5.74) is 6.70. The van der Waals surface area contributed by atoms with Gasteiger partial charge in [0.1, 0.15) is 22.3 Å². The van der Waals surface area contributed by atoms with Crippen LogP contribution >= 0.6 is 12.2 Å². The molecule has 2 rings (SSSR count). The summed E-state index contributed by atoms with van der Waals surface area (Å²) < 4.78 is 19.3. The summed E-state index contributed by atoms with van der Waals surface area (Å²) in [5, 5.41) is 0. The molecule has 0 aromatic heterocycles. The molecule has 0 saturated carbocycles. The SMILES string of the molecule is Cc1cccc(Oc2cccc(F)c2C(N)=S)c1. The van der Waals surface area contributed by atoms with Crippen molar-refractivity contribution in [2.45, 2.75) is 6.92 Å². The van der Waals surface area contributed by atoms with Gasteiger partial charge in [0.2, 0.25) is 0 Å². The minimum Gasteiger partial charge on any atom is -0.457 e. The molecule has 0 amide bonds. The summed E-state index contributed by atoms with van der Waals surface area (Å²) in [4.78, 5) is -0.0178. The minimum absolute atomic E-state index is 0.0178. The van der Waals surface area contributed by atoms with Crippen LogP contribution in [0.2, 0.25) is 0 Å². The highest BCUT2D eigenvalue weighted by Crippen LogP contribution is 2.27. The molecular weight excluding hydrogens is 249 g/mol. The predicted molar refractivity (Wildman–Crippen MR) is 73.5 cm³/mol. The third-order valence-electron chi connectivity index (χ3n) is 2.44. The normalized spacial score (nSPS) is 10.1. The van der Waals surface area contributed by atoms with Crippen LogP contribution in [0, 0.1) is 12.7 Å². The number of thiocarbonyl (C=S) groups is 1. The second kappa shape index (κ2) is 5.14. The molecule has 0 atom stereocenters. The molecule has 92 valence electrons. The van der Waals surface area contributed by atoms with Gasteiger partial charge < -0.3 is 10.5 Å². The highest BCUT2D eigenvalue weighted by Gasteiger charge is 2.12. The van der Waals surface area contributed by atoms with E-state index in [1.807, 2.05) is 25.1 Å². The highest BCUT2D eigenvalue weighted by atomic mass is 32.1. The van der Waals surface area contributed by atoms with Gasteiger partial charge in [0.15, 0.2) is 0 Å². The zero-order chi connectivity index (χ0) is 13.1. The summed E-state index contributed by atoms with van der Waals surface area (Å²) in [6.45, 7) is 1.95. The molecule has 0 unspecified atom stereocenters. The first kappa shape index (κ1) is 12.5. The fraction of sp³-hybridized carbons (Fsp3) is 0.0714. The van der Waals surface area contributed by atoms with Gasteiger partial charge in [-0.2, -0.15) is 0 Å². The summed E-state index contributed by atoms with van der Waals surface area (Å²) in [6, 6.07) is 12.0.